The van der Waals surface area contributed by atoms with E-state index in [4.69, 9.17) is 0 Å². The van der Waals surface area contributed by atoms with Crippen LogP contribution in [0.3, 0.4) is 0 Å². The maximum Gasteiger partial charge on any atom is 0.417 e. The van der Waals surface area contributed by atoms with E-state index in [9.17, 15) is 22.8 Å². The predicted molar refractivity (Wildman–Crippen MR) is 59.2 cm³/mol. The van der Waals surface area contributed by atoms with Gasteiger partial charge in [0, 0.05) is 18.3 Å². The second-order valence-corrected chi connectivity index (χ2v) is 3.68. The first-order valence-electron chi connectivity index (χ1n) is 5.56. The number of aryl methyl sites for hydroxylation is 1. The smallest absolute Gasteiger partial charge is 0.417 e. The molecule has 0 aliphatic carbocycles. The Balaban J connectivity index is 2.55. The third kappa shape index (κ3) is 4.69. The fourth-order valence-electron chi connectivity index (χ4n) is 1.30. The van der Waals surface area contributed by atoms with Crippen molar-refractivity contribution in [2.24, 2.45) is 0 Å². The Morgan fingerprint density at radius 1 is 1.32 bits per heavy atom. The lowest BCUT2D eigenvalue weighted by molar-refractivity contribution is -0.153. The highest BCUT2D eigenvalue weighted by atomic mass is 19.4. The third-order valence-electron chi connectivity index (χ3n) is 2.26. The van der Waals surface area contributed by atoms with Gasteiger partial charge in [-0.25, -0.2) is 4.79 Å². The molecule has 0 aliphatic heterocycles. The van der Waals surface area contributed by atoms with E-state index in [-0.39, 0.29) is 19.4 Å². The zero-order chi connectivity index (χ0) is 14.5. The van der Waals surface area contributed by atoms with E-state index in [2.05, 4.69) is 9.72 Å². The standard InChI is InChI=1S/C12H12F3NO3/c1-2-19-11(18)10(17)6-5-9-4-3-8(7-16-9)12(13,14)15/h3-4,7H,2,5-6H2,1H3. The minimum atomic E-state index is -4.44. The summed E-state index contributed by atoms with van der Waals surface area (Å²) in [6.07, 6.45) is -3.79. The number of hydrogen-bond donors (Lipinski definition) is 0. The fourth-order valence-corrected chi connectivity index (χ4v) is 1.30. The van der Waals surface area contributed by atoms with Crippen LogP contribution in [0, 0.1) is 0 Å². The third-order valence-corrected chi connectivity index (χ3v) is 2.26. The number of alkyl halides is 3. The normalized spacial score (nSPS) is 11.2. The van der Waals surface area contributed by atoms with Crippen molar-refractivity contribution >= 4 is 11.8 Å². The van der Waals surface area contributed by atoms with Gasteiger partial charge in [0.15, 0.2) is 0 Å². The molecule has 0 N–H and O–H groups in total. The van der Waals surface area contributed by atoms with Gasteiger partial charge in [0.05, 0.1) is 12.2 Å². The Labute approximate surface area is 107 Å². The molecule has 1 heterocycles. The number of ether oxygens (including phenoxy) is 1. The molecule has 0 atom stereocenters. The van der Waals surface area contributed by atoms with Crippen molar-refractivity contribution in [2.45, 2.75) is 25.9 Å². The number of hydrogen-bond acceptors (Lipinski definition) is 4. The first-order chi connectivity index (χ1) is 8.84. The lowest BCUT2D eigenvalue weighted by atomic mass is 10.1. The lowest BCUT2D eigenvalue weighted by Gasteiger charge is -2.06. The van der Waals surface area contributed by atoms with Crippen molar-refractivity contribution < 1.29 is 27.5 Å². The summed E-state index contributed by atoms with van der Waals surface area (Å²) in [6.45, 7) is 1.67. The molecule has 0 amide bonds. The first kappa shape index (κ1) is 15.1. The van der Waals surface area contributed by atoms with Crippen LogP contribution >= 0.6 is 0 Å². The summed E-state index contributed by atoms with van der Waals surface area (Å²) in [4.78, 5) is 25.9. The van der Waals surface area contributed by atoms with Crippen molar-refractivity contribution in [2.75, 3.05) is 6.61 Å². The summed E-state index contributed by atoms with van der Waals surface area (Å²) in [6, 6.07) is 2.07. The molecule has 1 aromatic heterocycles. The molecule has 0 saturated carbocycles. The lowest BCUT2D eigenvalue weighted by Crippen LogP contribution is -2.18. The summed E-state index contributed by atoms with van der Waals surface area (Å²) in [7, 11) is 0. The molecule has 0 aliphatic rings. The summed E-state index contributed by atoms with van der Waals surface area (Å²) in [5.41, 5.74) is -0.543. The monoisotopic (exact) mass is 275 g/mol. The van der Waals surface area contributed by atoms with Gasteiger partial charge >= 0.3 is 12.1 Å². The molecule has 0 unspecified atom stereocenters. The molecule has 0 radical (unpaired) electrons. The minimum Gasteiger partial charge on any atom is -0.460 e. The molecule has 4 nitrogen and oxygen atoms in total. The molecule has 0 bridgehead atoms. The molecule has 0 fully saturated rings. The largest absolute Gasteiger partial charge is 0.460 e. The molecular formula is C12H12F3NO3. The van der Waals surface area contributed by atoms with Crippen LogP contribution in [0.25, 0.3) is 0 Å². The molecule has 19 heavy (non-hydrogen) atoms. The minimum absolute atomic E-state index is 0.0930. The van der Waals surface area contributed by atoms with Crippen LogP contribution in [0.15, 0.2) is 18.3 Å². The molecule has 104 valence electrons. The number of esters is 1. The summed E-state index contributed by atoms with van der Waals surface area (Å²) < 4.78 is 41.3. The summed E-state index contributed by atoms with van der Waals surface area (Å²) >= 11 is 0. The number of carbonyl (C=O) groups is 2. The molecular weight excluding hydrogens is 263 g/mol. The van der Waals surface area contributed by atoms with Gasteiger partial charge in [0.2, 0.25) is 5.78 Å². The van der Waals surface area contributed by atoms with Crippen LogP contribution in [-0.2, 0) is 26.9 Å². The van der Waals surface area contributed by atoms with Gasteiger partial charge in [-0.05, 0) is 25.5 Å². The van der Waals surface area contributed by atoms with Gasteiger partial charge in [0.25, 0.3) is 0 Å². The highest BCUT2D eigenvalue weighted by Gasteiger charge is 2.30. The fraction of sp³-hybridized carbons (Fsp3) is 0.417. The van der Waals surface area contributed by atoms with Crippen LogP contribution in [0.2, 0.25) is 0 Å². The van der Waals surface area contributed by atoms with Crippen LogP contribution < -0.4 is 0 Å². The number of carbonyl (C=O) groups excluding carboxylic acids is 2. The Morgan fingerprint density at radius 3 is 2.47 bits per heavy atom. The van der Waals surface area contributed by atoms with E-state index in [0.29, 0.717) is 11.9 Å². The highest BCUT2D eigenvalue weighted by molar-refractivity contribution is 6.33. The number of Topliss-reactive ketones (excluding diaryl/α,β-unsaturated/α-hetero) is 1. The maximum absolute atomic E-state index is 12.3. The molecule has 0 spiro atoms. The van der Waals surface area contributed by atoms with Gasteiger partial charge in [-0.15, -0.1) is 0 Å². The average molecular weight is 275 g/mol. The van der Waals surface area contributed by atoms with Crippen LogP contribution in [0.5, 0.6) is 0 Å². The average Bonchev–Trinajstić information content (AvgIpc) is 2.35. The van der Waals surface area contributed by atoms with Crippen molar-refractivity contribution in [3.8, 4) is 0 Å². The summed E-state index contributed by atoms with van der Waals surface area (Å²) in [5.74, 6) is -1.65. The van der Waals surface area contributed by atoms with E-state index in [1.165, 1.54) is 6.07 Å². The van der Waals surface area contributed by atoms with Crippen molar-refractivity contribution in [1.82, 2.24) is 4.98 Å². The van der Waals surface area contributed by atoms with Crippen LogP contribution in [-0.4, -0.2) is 23.3 Å². The number of halogens is 3. The Bertz CT molecular complexity index is 454. The van der Waals surface area contributed by atoms with Gasteiger partial charge in [-0.2, -0.15) is 13.2 Å². The van der Waals surface area contributed by atoms with Gasteiger partial charge in [0.1, 0.15) is 0 Å². The zero-order valence-corrected chi connectivity index (χ0v) is 10.2. The molecule has 0 saturated heterocycles. The summed E-state index contributed by atoms with van der Waals surface area (Å²) in [5, 5.41) is 0. The number of nitrogens with zero attached hydrogens (tertiary/aromatic N) is 1. The zero-order valence-electron chi connectivity index (χ0n) is 10.2. The number of pyridine rings is 1. The van der Waals surface area contributed by atoms with Gasteiger partial charge in [-0.1, -0.05) is 0 Å². The van der Waals surface area contributed by atoms with E-state index in [1.54, 1.807) is 6.92 Å². The number of ketones is 1. The maximum atomic E-state index is 12.3. The second-order valence-electron chi connectivity index (χ2n) is 3.68. The van der Waals surface area contributed by atoms with Crippen molar-refractivity contribution in [1.29, 1.82) is 0 Å². The highest BCUT2D eigenvalue weighted by Crippen LogP contribution is 2.28. The van der Waals surface area contributed by atoms with E-state index in [1.807, 2.05) is 0 Å². The second kappa shape index (κ2) is 6.31. The van der Waals surface area contributed by atoms with Crippen LogP contribution in [0.4, 0.5) is 13.2 Å². The predicted octanol–water partition coefficient (Wildman–Crippen LogP) is 2.17. The van der Waals surface area contributed by atoms with Crippen molar-refractivity contribution in [3.63, 3.8) is 0 Å². The van der Waals surface area contributed by atoms with Gasteiger partial charge in [-0.3, -0.25) is 9.78 Å². The van der Waals surface area contributed by atoms with Crippen LogP contribution in [0.1, 0.15) is 24.6 Å². The first-order valence-corrected chi connectivity index (χ1v) is 5.56. The quantitative estimate of drug-likeness (QED) is 0.610. The topological polar surface area (TPSA) is 56.3 Å². The van der Waals surface area contributed by atoms with E-state index < -0.39 is 23.5 Å². The molecule has 1 aromatic rings. The Kier molecular flexibility index (Phi) is 5.02. The van der Waals surface area contributed by atoms with Gasteiger partial charge < -0.3 is 4.74 Å². The molecule has 1 rings (SSSR count). The Morgan fingerprint density at radius 2 is 2.00 bits per heavy atom. The molecule has 0 aromatic carbocycles. The number of aromatic nitrogens is 1. The Hall–Kier alpha value is -1.92. The molecule has 7 heteroatoms. The van der Waals surface area contributed by atoms with E-state index in [0.717, 1.165) is 6.07 Å². The SMILES string of the molecule is CCOC(=O)C(=O)CCc1ccc(C(F)(F)F)cn1. The van der Waals surface area contributed by atoms with Crippen molar-refractivity contribution in [3.05, 3.63) is 29.6 Å². The number of rotatable bonds is 5. The van der Waals surface area contributed by atoms with E-state index >= 15 is 0 Å².